The SMILES string of the molecule is CC(C)(C)OC1CC2C=CC1O2. The topological polar surface area (TPSA) is 18.5 Å². The summed E-state index contributed by atoms with van der Waals surface area (Å²) < 4.78 is 11.5. The summed E-state index contributed by atoms with van der Waals surface area (Å²) in [5.41, 5.74) is -0.0493. The third-order valence-electron chi connectivity index (χ3n) is 2.18. The van der Waals surface area contributed by atoms with Gasteiger partial charge >= 0.3 is 0 Å². The summed E-state index contributed by atoms with van der Waals surface area (Å²) in [6.07, 6.45) is 6.09. The van der Waals surface area contributed by atoms with Gasteiger partial charge in [0, 0.05) is 6.42 Å². The van der Waals surface area contributed by atoms with Gasteiger partial charge in [0.05, 0.1) is 17.8 Å². The summed E-state index contributed by atoms with van der Waals surface area (Å²) in [5.74, 6) is 0. The molecule has 0 saturated carbocycles. The quantitative estimate of drug-likeness (QED) is 0.557. The van der Waals surface area contributed by atoms with Crippen molar-refractivity contribution in [1.29, 1.82) is 0 Å². The van der Waals surface area contributed by atoms with Gasteiger partial charge in [-0.3, -0.25) is 0 Å². The van der Waals surface area contributed by atoms with Crippen molar-refractivity contribution in [3.8, 4) is 0 Å². The van der Waals surface area contributed by atoms with Crippen LogP contribution in [0.2, 0.25) is 0 Å². The predicted octanol–water partition coefficient (Wildman–Crippen LogP) is 1.90. The van der Waals surface area contributed by atoms with Crippen LogP contribution in [-0.2, 0) is 9.47 Å². The van der Waals surface area contributed by atoms with E-state index >= 15 is 0 Å². The lowest BCUT2D eigenvalue weighted by molar-refractivity contribution is -0.0756. The van der Waals surface area contributed by atoms with E-state index < -0.39 is 0 Å². The normalized spacial score (nSPS) is 39.4. The molecule has 2 aliphatic heterocycles. The fourth-order valence-corrected chi connectivity index (χ4v) is 1.80. The van der Waals surface area contributed by atoms with Crippen LogP contribution in [0.15, 0.2) is 12.2 Å². The van der Waals surface area contributed by atoms with Crippen LogP contribution < -0.4 is 0 Å². The first-order valence-electron chi connectivity index (χ1n) is 4.56. The van der Waals surface area contributed by atoms with Gasteiger partial charge in [0.25, 0.3) is 0 Å². The highest BCUT2D eigenvalue weighted by Gasteiger charge is 2.39. The summed E-state index contributed by atoms with van der Waals surface area (Å²) in [7, 11) is 0. The van der Waals surface area contributed by atoms with E-state index in [1.807, 2.05) is 0 Å². The van der Waals surface area contributed by atoms with E-state index in [4.69, 9.17) is 9.47 Å². The summed E-state index contributed by atoms with van der Waals surface area (Å²) in [6.45, 7) is 6.26. The van der Waals surface area contributed by atoms with Crippen molar-refractivity contribution in [1.82, 2.24) is 0 Å². The summed E-state index contributed by atoms with van der Waals surface area (Å²) >= 11 is 0. The lowest BCUT2D eigenvalue weighted by atomic mass is 10.0. The van der Waals surface area contributed by atoms with Crippen LogP contribution >= 0.6 is 0 Å². The minimum atomic E-state index is -0.0493. The van der Waals surface area contributed by atoms with Crippen LogP contribution in [-0.4, -0.2) is 23.9 Å². The zero-order valence-electron chi connectivity index (χ0n) is 7.91. The zero-order valence-corrected chi connectivity index (χ0v) is 7.91. The lowest BCUT2D eigenvalue weighted by Gasteiger charge is -2.27. The monoisotopic (exact) mass is 168 g/mol. The Morgan fingerprint density at radius 1 is 1.33 bits per heavy atom. The molecule has 2 rings (SSSR count). The molecule has 0 aromatic heterocycles. The van der Waals surface area contributed by atoms with Crippen LogP contribution in [0.5, 0.6) is 0 Å². The Bertz CT molecular complexity index is 202. The largest absolute Gasteiger partial charge is 0.369 e. The first kappa shape index (κ1) is 8.27. The average molecular weight is 168 g/mol. The number of rotatable bonds is 1. The Morgan fingerprint density at radius 2 is 2.08 bits per heavy atom. The smallest absolute Gasteiger partial charge is 0.103 e. The zero-order chi connectivity index (χ0) is 8.77. The first-order valence-corrected chi connectivity index (χ1v) is 4.56. The molecular formula is C10H16O2. The van der Waals surface area contributed by atoms with Gasteiger partial charge in [-0.25, -0.2) is 0 Å². The van der Waals surface area contributed by atoms with Crippen LogP contribution in [0.1, 0.15) is 27.2 Å². The summed E-state index contributed by atoms with van der Waals surface area (Å²) in [5, 5.41) is 0. The summed E-state index contributed by atoms with van der Waals surface area (Å²) in [6, 6.07) is 0. The molecule has 2 heterocycles. The lowest BCUT2D eigenvalue weighted by Crippen LogP contribution is -2.32. The molecule has 3 unspecified atom stereocenters. The fourth-order valence-electron chi connectivity index (χ4n) is 1.80. The molecule has 2 heteroatoms. The molecule has 0 aliphatic carbocycles. The minimum Gasteiger partial charge on any atom is -0.369 e. The molecule has 0 spiro atoms. The van der Waals surface area contributed by atoms with E-state index in [0.717, 1.165) is 6.42 Å². The standard InChI is InChI=1S/C10H16O2/c1-10(2,3)12-9-6-7-4-5-8(9)11-7/h4-5,7-9H,6H2,1-3H3. The molecule has 0 amide bonds. The second-order valence-electron chi connectivity index (χ2n) is 4.53. The van der Waals surface area contributed by atoms with Gasteiger partial charge in [-0.15, -0.1) is 0 Å². The van der Waals surface area contributed by atoms with Crippen LogP contribution in [0, 0.1) is 0 Å². The van der Waals surface area contributed by atoms with Crippen molar-refractivity contribution in [2.24, 2.45) is 0 Å². The van der Waals surface area contributed by atoms with E-state index in [9.17, 15) is 0 Å². The van der Waals surface area contributed by atoms with E-state index in [0.29, 0.717) is 6.10 Å². The molecule has 68 valence electrons. The maximum Gasteiger partial charge on any atom is 0.103 e. The second kappa shape index (κ2) is 2.57. The van der Waals surface area contributed by atoms with Crippen molar-refractivity contribution in [2.45, 2.75) is 51.1 Å². The molecule has 0 aromatic rings. The van der Waals surface area contributed by atoms with Gasteiger partial charge in [0.15, 0.2) is 0 Å². The van der Waals surface area contributed by atoms with Gasteiger partial charge in [-0.2, -0.15) is 0 Å². The molecule has 2 nitrogen and oxygen atoms in total. The minimum absolute atomic E-state index is 0.0493. The van der Waals surface area contributed by atoms with Crippen LogP contribution in [0.3, 0.4) is 0 Å². The van der Waals surface area contributed by atoms with Crippen LogP contribution in [0.25, 0.3) is 0 Å². The molecular weight excluding hydrogens is 152 g/mol. The summed E-state index contributed by atoms with van der Waals surface area (Å²) in [4.78, 5) is 0. The molecule has 0 radical (unpaired) electrons. The molecule has 12 heavy (non-hydrogen) atoms. The molecule has 3 atom stereocenters. The second-order valence-corrected chi connectivity index (χ2v) is 4.53. The van der Waals surface area contributed by atoms with Crippen LogP contribution in [0.4, 0.5) is 0 Å². The number of hydrogen-bond acceptors (Lipinski definition) is 2. The Hall–Kier alpha value is -0.340. The number of fused-ring (bicyclic) bond motifs is 2. The maximum absolute atomic E-state index is 5.86. The average Bonchev–Trinajstić information content (AvgIpc) is 2.42. The molecule has 0 aromatic carbocycles. The molecule has 2 aliphatic rings. The first-order chi connectivity index (χ1) is 5.54. The van der Waals surface area contributed by atoms with Crippen molar-refractivity contribution in [3.63, 3.8) is 0 Å². The molecule has 2 bridgehead atoms. The predicted molar refractivity (Wildman–Crippen MR) is 47.0 cm³/mol. The van der Waals surface area contributed by atoms with Gasteiger partial charge < -0.3 is 9.47 Å². The number of hydrogen-bond donors (Lipinski definition) is 0. The van der Waals surface area contributed by atoms with Gasteiger partial charge in [0.2, 0.25) is 0 Å². The molecule has 1 saturated heterocycles. The molecule has 0 N–H and O–H groups in total. The van der Waals surface area contributed by atoms with E-state index in [1.54, 1.807) is 0 Å². The van der Waals surface area contributed by atoms with E-state index in [2.05, 4.69) is 32.9 Å². The fraction of sp³-hybridized carbons (Fsp3) is 0.800. The van der Waals surface area contributed by atoms with Crippen molar-refractivity contribution >= 4 is 0 Å². The Balaban J connectivity index is 1.96. The molecule has 1 fully saturated rings. The van der Waals surface area contributed by atoms with E-state index in [1.165, 1.54) is 0 Å². The third-order valence-corrected chi connectivity index (χ3v) is 2.18. The van der Waals surface area contributed by atoms with Gasteiger partial charge in [0.1, 0.15) is 6.10 Å². The highest BCUT2D eigenvalue weighted by Crippen LogP contribution is 2.32. The van der Waals surface area contributed by atoms with Gasteiger partial charge in [-0.05, 0) is 20.8 Å². The highest BCUT2D eigenvalue weighted by atomic mass is 16.6. The third kappa shape index (κ3) is 1.54. The Kier molecular flexibility index (Phi) is 1.77. The maximum atomic E-state index is 5.86. The van der Waals surface area contributed by atoms with Crippen molar-refractivity contribution in [3.05, 3.63) is 12.2 Å². The van der Waals surface area contributed by atoms with Gasteiger partial charge in [-0.1, -0.05) is 12.2 Å². The van der Waals surface area contributed by atoms with Crippen molar-refractivity contribution in [2.75, 3.05) is 0 Å². The van der Waals surface area contributed by atoms with E-state index in [-0.39, 0.29) is 17.8 Å². The Labute approximate surface area is 73.5 Å². The van der Waals surface area contributed by atoms with Crippen molar-refractivity contribution < 1.29 is 9.47 Å². The highest BCUT2D eigenvalue weighted by molar-refractivity contribution is 5.12. The Morgan fingerprint density at radius 3 is 2.50 bits per heavy atom. The number of ether oxygens (including phenoxy) is 2.